The Morgan fingerprint density at radius 1 is 1.53 bits per heavy atom. The number of alkyl halides is 3. The van der Waals surface area contributed by atoms with Crippen LogP contribution in [0.5, 0.6) is 0 Å². The fourth-order valence-corrected chi connectivity index (χ4v) is 1.27. The number of rotatable bonds is 7. The second kappa shape index (κ2) is 5.68. The first kappa shape index (κ1) is 14.2. The van der Waals surface area contributed by atoms with E-state index in [1.54, 1.807) is 0 Å². The highest BCUT2D eigenvalue weighted by Crippen LogP contribution is 2.23. The second-order valence-electron chi connectivity index (χ2n) is 4.18. The molecule has 1 aliphatic carbocycles. The summed E-state index contributed by atoms with van der Waals surface area (Å²) in [6, 6.07) is -0.640. The van der Waals surface area contributed by atoms with Crippen LogP contribution in [0.25, 0.3) is 0 Å². The van der Waals surface area contributed by atoms with E-state index in [1.807, 2.05) is 0 Å². The minimum atomic E-state index is -4.40. The number of aliphatic carboxylic acids is 1. The van der Waals surface area contributed by atoms with Gasteiger partial charge in [-0.2, -0.15) is 13.2 Å². The summed E-state index contributed by atoms with van der Waals surface area (Å²) in [6.45, 7) is 0.682. The maximum absolute atomic E-state index is 12.1. The molecule has 0 aromatic rings. The van der Waals surface area contributed by atoms with Crippen LogP contribution in [0.2, 0.25) is 0 Å². The number of hydrogen-bond donors (Lipinski definition) is 2. The van der Waals surface area contributed by atoms with Crippen molar-refractivity contribution in [1.29, 1.82) is 0 Å². The lowest BCUT2D eigenvalue weighted by Gasteiger charge is -2.18. The van der Waals surface area contributed by atoms with Crippen molar-refractivity contribution in [3.63, 3.8) is 0 Å². The van der Waals surface area contributed by atoms with Gasteiger partial charge in [-0.25, -0.2) is 0 Å². The molecule has 0 amide bonds. The Morgan fingerprint density at radius 3 is 2.53 bits per heavy atom. The van der Waals surface area contributed by atoms with E-state index in [0.717, 1.165) is 19.8 Å². The molecule has 2 N–H and O–H groups in total. The van der Waals surface area contributed by atoms with Crippen LogP contribution >= 0.6 is 0 Å². The lowest BCUT2D eigenvalue weighted by Crippen LogP contribution is -2.39. The van der Waals surface area contributed by atoms with Crippen LogP contribution in [-0.4, -0.2) is 42.0 Å². The lowest BCUT2D eigenvalue weighted by molar-refractivity contribution is -0.214. The van der Waals surface area contributed by atoms with Gasteiger partial charge in [-0.1, -0.05) is 0 Å². The molecule has 100 valence electrons. The number of carbonyl (C=O) groups is 1. The second-order valence-corrected chi connectivity index (χ2v) is 4.18. The van der Waals surface area contributed by atoms with Crippen LogP contribution in [0.3, 0.4) is 0 Å². The number of hydrogen-bond acceptors (Lipinski definition) is 3. The van der Waals surface area contributed by atoms with E-state index < -0.39 is 24.3 Å². The summed E-state index contributed by atoms with van der Waals surface area (Å²) in [7, 11) is 0. The van der Waals surface area contributed by atoms with Gasteiger partial charge in [0, 0.05) is 12.6 Å². The van der Waals surface area contributed by atoms with E-state index in [1.165, 1.54) is 0 Å². The topological polar surface area (TPSA) is 58.6 Å². The zero-order chi connectivity index (χ0) is 13.1. The summed E-state index contributed by atoms with van der Waals surface area (Å²) in [5, 5.41) is 11.7. The van der Waals surface area contributed by atoms with Gasteiger partial charge < -0.3 is 15.2 Å². The summed E-state index contributed by atoms with van der Waals surface area (Å²) >= 11 is 0. The predicted octanol–water partition coefficient (Wildman–Crippen LogP) is 1.55. The lowest BCUT2D eigenvalue weighted by atomic mass is 10.2. The Kier molecular flexibility index (Phi) is 4.76. The third kappa shape index (κ3) is 5.36. The number of halogens is 3. The van der Waals surface area contributed by atoms with Crippen LogP contribution in [0.4, 0.5) is 13.2 Å². The van der Waals surface area contributed by atoms with Gasteiger partial charge in [-0.15, -0.1) is 0 Å². The molecule has 17 heavy (non-hydrogen) atoms. The molecule has 1 saturated carbocycles. The molecule has 0 heterocycles. The fourth-order valence-electron chi connectivity index (χ4n) is 1.27. The van der Waals surface area contributed by atoms with Gasteiger partial charge in [0.2, 0.25) is 0 Å². The van der Waals surface area contributed by atoms with Crippen molar-refractivity contribution in [1.82, 2.24) is 5.32 Å². The largest absolute Gasteiger partial charge is 0.480 e. The summed E-state index contributed by atoms with van der Waals surface area (Å²) in [5.74, 6) is -1.06. The Bertz CT molecular complexity index is 266. The van der Waals surface area contributed by atoms with Gasteiger partial charge in [0.05, 0.1) is 0 Å². The van der Waals surface area contributed by atoms with Crippen molar-refractivity contribution in [2.75, 3.05) is 6.61 Å². The number of carboxylic acids is 1. The highest BCUT2D eigenvalue weighted by molar-refractivity contribution is 5.73. The molecular formula is C10H16F3NO3. The van der Waals surface area contributed by atoms with E-state index in [4.69, 9.17) is 5.11 Å². The summed E-state index contributed by atoms with van der Waals surface area (Å²) in [4.78, 5) is 10.8. The van der Waals surface area contributed by atoms with Crippen molar-refractivity contribution >= 4 is 5.97 Å². The Hall–Kier alpha value is -0.820. The van der Waals surface area contributed by atoms with E-state index >= 15 is 0 Å². The van der Waals surface area contributed by atoms with E-state index in [2.05, 4.69) is 10.1 Å². The first-order valence-corrected chi connectivity index (χ1v) is 5.48. The number of ether oxygens (including phenoxy) is 1. The van der Waals surface area contributed by atoms with Crippen LogP contribution in [0.1, 0.15) is 26.2 Å². The molecule has 0 radical (unpaired) electrons. The van der Waals surface area contributed by atoms with Gasteiger partial charge in [-0.3, -0.25) is 4.79 Å². The van der Waals surface area contributed by atoms with E-state index in [0.29, 0.717) is 0 Å². The molecule has 0 bridgehead atoms. The van der Waals surface area contributed by atoms with Crippen LogP contribution < -0.4 is 5.32 Å². The van der Waals surface area contributed by atoms with Crippen LogP contribution in [0, 0.1) is 0 Å². The Balaban J connectivity index is 2.24. The summed E-state index contributed by atoms with van der Waals surface area (Å²) in [5.41, 5.74) is 0. The minimum Gasteiger partial charge on any atom is -0.480 e. The SMILES string of the molecule is CC(OCCC(NC1CC1)C(=O)O)C(F)(F)F. The van der Waals surface area contributed by atoms with Crippen LogP contribution in [-0.2, 0) is 9.53 Å². The quantitative estimate of drug-likeness (QED) is 0.724. The smallest absolute Gasteiger partial charge is 0.414 e. The molecule has 0 spiro atoms. The average Bonchev–Trinajstić information content (AvgIpc) is 2.98. The molecule has 0 aromatic carbocycles. The number of nitrogens with one attached hydrogen (secondary N) is 1. The highest BCUT2D eigenvalue weighted by atomic mass is 19.4. The molecule has 2 atom stereocenters. The van der Waals surface area contributed by atoms with Gasteiger partial charge in [0.25, 0.3) is 0 Å². The van der Waals surface area contributed by atoms with Crippen molar-refractivity contribution in [2.24, 2.45) is 0 Å². The predicted molar refractivity (Wildman–Crippen MR) is 53.7 cm³/mol. The van der Waals surface area contributed by atoms with E-state index in [9.17, 15) is 18.0 Å². The van der Waals surface area contributed by atoms with Gasteiger partial charge >= 0.3 is 12.1 Å². The summed E-state index contributed by atoms with van der Waals surface area (Å²) in [6.07, 6.45) is -4.39. The zero-order valence-electron chi connectivity index (χ0n) is 9.46. The third-order valence-corrected chi connectivity index (χ3v) is 2.55. The molecule has 4 nitrogen and oxygen atoms in total. The standard InChI is InChI=1S/C10H16F3NO3/c1-6(10(11,12)13)17-5-4-8(9(15)16)14-7-2-3-7/h6-8,14H,2-5H2,1H3,(H,15,16). The zero-order valence-corrected chi connectivity index (χ0v) is 9.46. The highest BCUT2D eigenvalue weighted by Gasteiger charge is 2.37. The molecule has 1 fully saturated rings. The molecule has 0 aromatic heterocycles. The normalized spacial score (nSPS) is 20.0. The van der Waals surface area contributed by atoms with Crippen molar-refractivity contribution in [3.05, 3.63) is 0 Å². The molecule has 2 unspecified atom stereocenters. The number of carboxylic acid groups (broad SMARTS) is 1. The summed E-state index contributed by atoms with van der Waals surface area (Å²) < 4.78 is 40.8. The Labute approximate surface area is 97.1 Å². The average molecular weight is 255 g/mol. The Morgan fingerprint density at radius 2 is 2.12 bits per heavy atom. The molecule has 0 saturated heterocycles. The first-order valence-electron chi connectivity index (χ1n) is 5.48. The molecular weight excluding hydrogens is 239 g/mol. The monoisotopic (exact) mass is 255 g/mol. The molecule has 1 aliphatic rings. The first-order chi connectivity index (χ1) is 7.80. The van der Waals surface area contributed by atoms with Gasteiger partial charge in [0.1, 0.15) is 6.04 Å². The van der Waals surface area contributed by atoms with Gasteiger partial charge in [-0.05, 0) is 26.2 Å². The van der Waals surface area contributed by atoms with Gasteiger partial charge in [0.15, 0.2) is 6.10 Å². The third-order valence-electron chi connectivity index (χ3n) is 2.55. The van der Waals surface area contributed by atoms with Crippen molar-refractivity contribution in [3.8, 4) is 0 Å². The van der Waals surface area contributed by atoms with Crippen LogP contribution in [0.15, 0.2) is 0 Å². The van der Waals surface area contributed by atoms with E-state index in [-0.39, 0.29) is 19.1 Å². The molecule has 7 heteroatoms. The maximum Gasteiger partial charge on any atom is 0.414 e. The maximum atomic E-state index is 12.1. The molecule has 1 rings (SSSR count). The minimum absolute atomic E-state index is 0.0340. The fraction of sp³-hybridized carbons (Fsp3) is 0.900. The van der Waals surface area contributed by atoms with Crippen molar-refractivity contribution in [2.45, 2.75) is 50.6 Å². The molecule has 0 aliphatic heterocycles. The van der Waals surface area contributed by atoms with Crippen molar-refractivity contribution < 1.29 is 27.8 Å².